The average Bonchev–Trinajstić information content (AvgIpc) is 1.41. The molecule has 0 spiro atoms. The third-order valence-corrected chi connectivity index (χ3v) is 0.372. The first kappa shape index (κ1) is 9.39. The lowest BCUT2D eigenvalue weighted by atomic mass is 10.5. The van der Waals surface area contributed by atoms with Crippen molar-refractivity contribution in [1.82, 2.24) is 0 Å². The average molecular weight is 152 g/mol. The van der Waals surface area contributed by atoms with Gasteiger partial charge in [0.1, 0.15) is 0 Å². The molecule has 0 aliphatic heterocycles. The van der Waals surface area contributed by atoms with E-state index in [0.29, 0.717) is 0 Å². The summed E-state index contributed by atoms with van der Waals surface area (Å²) >= 11 is 0. The van der Waals surface area contributed by atoms with E-state index in [4.69, 9.17) is 5.73 Å². The predicted octanol–water partition coefficient (Wildman–Crippen LogP) is 1.45. The summed E-state index contributed by atoms with van der Waals surface area (Å²) in [5, 5.41) is 0. The SMILES string of the molecule is Br.CCC=CN. The van der Waals surface area contributed by atoms with Crippen molar-refractivity contribution in [2.45, 2.75) is 13.3 Å². The minimum absolute atomic E-state index is 0. The Balaban J connectivity index is 0. The summed E-state index contributed by atoms with van der Waals surface area (Å²) in [6.07, 6.45) is 4.50. The van der Waals surface area contributed by atoms with Gasteiger partial charge in [-0.3, -0.25) is 0 Å². The van der Waals surface area contributed by atoms with Crippen LogP contribution in [0.2, 0.25) is 0 Å². The van der Waals surface area contributed by atoms with E-state index >= 15 is 0 Å². The minimum atomic E-state index is 0. The van der Waals surface area contributed by atoms with E-state index in [1.54, 1.807) is 6.20 Å². The van der Waals surface area contributed by atoms with Crippen LogP contribution in [0.4, 0.5) is 0 Å². The lowest BCUT2D eigenvalue weighted by Crippen LogP contribution is -1.72. The lowest BCUT2D eigenvalue weighted by molar-refractivity contribution is 1.21. The molecular weight excluding hydrogens is 142 g/mol. The van der Waals surface area contributed by atoms with Crippen LogP contribution >= 0.6 is 17.0 Å². The fourth-order valence-corrected chi connectivity index (χ4v) is 0.136. The molecule has 0 bridgehead atoms. The molecule has 0 aliphatic carbocycles. The topological polar surface area (TPSA) is 26.0 Å². The second kappa shape index (κ2) is 8.89. The molecule has 0 aromatic rings. The maximum atomic E-state index is 4.96. The molecular formula is C4H10BrN. The quantitative estimate of drug-likeness (QED) is 0.604. The molecule has 0 fully saturated rings. The van der Waals surface area contributed by atoms with E-state index < -0.39 is 0 Å². The Bertz CT molecular complexity index is 34.5. The van der Waals surface area contributed by atoms with Gasteiger partial charge in [0.15, 0.2) is 0 Å². The smallest absolute Gasteiger partial charge is 0.0103 e. The molecule has 0 aromatic carbocycles. The van der Waals surface area contributed by atoms with Gasteiger partial charge in [-0.25, -0.2) is 0 Å². The number of hydrogen-bond acceptors (Lipinski definition) is 1. The predicted molar refractivity (Wildman–Crippen MR) is 33.9 cm³/mol. The molecule has 1 nitrogen and oxygen atoms in total. The van der Waals surface area contributed by atoms with E-state index in [-0.39, 0.29) is 17.0 Å². The largest absolute Gasteiger partial charge is 0.405 e. The summed E-state index contributed by atoms with van der Waals surface area (Å²) in [7, 11) is 0. The fourth-order valence-electron chi connectivity index (χ4n) is 0.136. The van der Waals surface area contributed by atoms with Crippen molar-refractivity contribution in [2.75, 3.05) is 0 Å². The Morgan fingerprint density at radius 2 is 2.17 bits per heavy atom. The van der Waals surface area contributed by atoms with E-state index in [0.717, 1.165) is 6.42 Å². The Morgan fingerprint density at radius 1 is 1.67 bits per heavy atom. The maximum absolute atomic E-state index is 4.96. The molecule has 0 saturated carbocycles. The van der Waals surface area contributed by atoms with Crippen LogP contribution in [-0.2, 0) is 0 Å². The molecule has 2 N–H and O–H groups in total. The summed E-state index contributed by atoms with van der Waals surface area (Å²) in [5.74, 6) is 0. The van der Waals surface area contributed by atoms with Gasteiger partial charge in [-0.1, -0.05) is 13.0 Å². The first-order valence-corrected chi connectivity index (χ1v) is 1.78. The second-order valence-electron chi connectivity index (χ2n) is 0.836. The Morgan fingerprint density at radius 3 is 2.17 bits per heavy atom. The van der Waals surface area contributed by atoms with Gasteiger partial charge in [-0.05, 0) is 12.6 Å². The van der Waals surface area contributed by atoms with Gasteiger partial charge >= 0.3 is 0 Å². The molecule has 0 rings (SSSR count). The molecule has 0 atom stereocenters. The van der Waals surface area contributed by atoms with Crippen LogP contribution in [0.1, 0.15) is 13.3 Å². The van der Waals surface area contributed by atoms with Crippen molar-refractivity contribution in [2.24, 2.45) is 5.73 Å². The molecule has 6 heavy (non-hydrogen) atoms. The normalized spacial score (nSPS) is 8.17. The Hall–Kier alpha value is 0.0200. The highest BCUT2D eigenvalue weighted by Crippen LogP contribution is 1.69. The van der Waals surface area contributed by atoms with Gasteiger partial charge in [0.25, 0.3) is 0 Å². The molecule has 0 aromatic heterocycles. The maximum Gasteiger partial charge on any atom is -0.0103 e. The third-order valence-electron chi connectivity index (χ3n) is 0.372. The van der Waals surface area contributed by atoms with Crippen molar-refractivity contribution in [3.63, 3.8) is 0 Å². The highest BCUT2D eigenvalue weighted by Gasteiger charge is 1.52. The number of halogens is 1. The van der Waals surface area contributed by atoms with Crippen molar-refractivity contribution in [1.29, 1.82) is 0 Å². The van der Waals surface area contributed by atoms with Crippen molar-refractivity contribution >= 4 is 17.0 Å². The summed E-state index contributed by atoms with van der Waals surface area (Å²) in [4.78, 5) is 0. The zero-order valence-electron chi connectivity index (χ0n) is 3.85. The van der Waals surface area contributed by atoms with Crippen LogP contribution in [0.15, 0.2) is 12.3 Å². The summed E-state index contributed by atoms with van der Waals surface area (Å²) in [6.45, 7) is 2.04. The van der Waals surface area contributed by atoms with Gasteiger partial charge in [0, 0.05) is 0 Å². The van der Waals surface area contributed by atoms with Crippen LogP contribution in [0, 0.1) is 0 Å². The van der Waals surface area contributed by atoms with E-state index in [2.05, 4.69) is 0 Å². The summed E-state index contributed by atoms with van der Waals surface area (Å²) < 4.78 is 0. The van der Waals surface area contributed by atoms with Crippen LogP contribution in [0.5, 0.6) is 0 Å². The molecule has 0 unspecified atom stereocenters. The first-order chi connectivity index (χ1) is 2.41. The van der Waals surface area contributed by atoms with Gasteiger partial charge in [-0.2, -0.15) is 0 Å². The zero-order valence-corrected chi connectivity index (χ0v) is 5.56. The van der Waals surface area contributed by atoms with Gasteiger partial charge in [0.2, 0.25) is 0 Å². The Kier molecular flexibility index (Phi) is 13.9. The summed E-state index contributed by atoms with van der Waals surface area (Å²) in [5.41, 5.74) is 4.96. The minimum Gasteiger partial charge on any atom is -0.405 e. The van der Waals surface area contributed by atoms with Crippen LogP contribution in [0.25, 0.3) is 0 Å². The molecule has 2 heteroatoms. The second-order valence-corrected chi connectivity index (χ2v) is 0.836. The number of hydrogen-bond donors (Lipinski definition) is 1. The highest BCUT2D eigenvalue weighted by atomic mass is 79.9. The monoisotopic (exact) mass is 151 g/mol. The van der Waals surface area contributed by atoms with Crippen molar-refractivity contribution < 1.29 is 0 Å². The molecule has 0 radical (unpaired) electrons. The van der Waals surface area contributed by atoms with Gasteiger partial charge in [-0.15, -0.1) is 17.0 Å². The molecule has 0 saturated heterocycles. The first-order valence-electron chi connectivity index (χ1n) is 1.78. The number of rotatable bonds is 1. The number of nitrogens with two attached hydrogens (primary N) is 1. The third kappa shape index (κ3) is 8.99. The Labute approximate surface area is 49.0 Å². The molecule has 0 amide bonds. The van der Waals surface area contributed by atoms with Gasteiger partial charge in [0.05, 0.1) is 0 Å². The molecule has 0 aliphatic rings. The standard InChI is InChI=1S/C4H9N.BrH/c1-2-3-4-5;/h3-4H,2,5H2,1H3;1H. The zero-order chi connectivity index (χ0) is 4.12. The van der Waals surface area contributed by atoms with Crippen molar-refractivity contribution in [3.8, 4) is 0 Å². The number of allylic oxidation sites excluding steroid dienone is 1. The summed E-state index contributed by atoms with van der Waals surface area (Å²) in [6, 6.07) is 0. The molecule has 38 valence electrons. The van der Waals surface area contributed by atoms with E-state index in [1.807, 2.05) is 13.0 Å². The highest BCUT2D eigenvalue weighted by molar-refractivity contribution is 8.93. The molecule has 0 heterocycles. The van der Waals surface area contributed by atoms with Crippen molar-refractivity contribution in [3.05, 3.63) is 12.3 Å². The van der Waals surface area contributed by atoms with Gasteiger partial charge < -0.3 is 5.73 Å². The lowest BCUT2D eigenvalue weighted by Gasteiger charge is -1.66. The van der Waals surface area contributed by atoms with Crippen LogP contribution in [0.3, 0.4) is 0 Å². The van der Waals surface area contributed by atoms with Crippen LogP contribution in [-0.4, -0.2) is 0 Å². The van der Waals surface area contributed by atoms with E-state index in [9.17, 15) is 0 Å². The fraction of sp³-hybridized carbons (Fsp3) is 0.500. The van der Waals surface area contributed by atoms with Crippen LogP contribution < -0.4 is 5.73 Å². The van der Waals surface area contributed by atoms with E-state index in [1.165, 1.54) is 0 Å².